The molecule has 27 heavy (non-hydrogen) atoms. The summed E-state index contributed by atoms with van der Waals surface area (Å²) in [6.07, 6.45) is 0.950. The predicted octanol–water partition coefficient (Wildman–Crippen LogP) is 3.72. The van der Waals surface area contributed by atoms with Gasteiger partial charge in [0, 0.05) is 18.0 Å². The van der Waals surface area contributed by atoms with Crippen molar-refractivity contribution in [2.45, 2.75) is 32.9 Å². The highest BCUT2D eigenvalue weighted by Gasteiger charge is 2.23. The van der Waals surface area contributed by atoms with Crippen molar-refractivity contribution in [1.29, 1.82) is 0 Å². The Morgan fingerprint density at radius 1 is 1.26 bits per heavy atom. The first-order chi connectivity index (χ1) is 13.1. The average Bonchev–Trinajstić information content (AvgIpc) is 3.27. The number of rotatable bonds is 5. The van der Waals surface area contributed by atoms with Gasteiger partial charge in [0.2, 0.25) is 0 Å². The summed E-state index contributed by atoms with van der Waals surface area (Å²) in [5.74, 6) is 1.27. The number of aryl methyl sites for hydroxylation is 2. The second-order valence-electron chi connectivity index (χ2n) is 7.07. The monoisotopic (exact) mass is 364 g/mol. The Kier molecular flexibility index (Phi) is 4.86. The van der Waals surface area contributed by atoms with Crippen molar-refractivity contribution < 1.29 is 13.9 Å². The summed E-state index contributed by atoms with van der Waals surface area (Å²) in [7, 11) is 0. The molecule has 1 amide bonds. The van der Waals surface area contributed by atoms with Crippen LogP contribution in [0.25, 0.3) is 11.0 Å². The fourth-order valence-corrected chi connectivity index (χ4v) is 3.54. The third-order valence-electron chi connectivity index (χ3n) is 5.11. The molecule has 0 saturated carbocycles. The number of carbonyl (C=O) groups is 1. The van der Waals surface area contributed by atoms with Gasteiger partial charge in [-0.05, 0) is 56.1 Å². The average molecular weight is 364 g/mol. The lowest BCUT2D eigenvalue weighted by Crippen LogP contribution is -2.36. The zero-order valence-corrected chi connectivity index (χ0v) is 15.7. The first-order valence-corrected chi connectivity index (χ1v) is 9.34. The van der Waals surface area contributed by atoms with E-state index in [9.17, 15) is 4.79 Å². The smallest absolute Gasteiger partial charge is 0.255 e. The number of fused-ring (bicyclic) bond motifs is 1. The van der Waals surface area contributed by atoms with Crippen LogP contribution in [0, 0.1) is 13.8 Å². The second kappa shape index (κ2) is 7.45. The number of hydrogen-bond donors (Lipinski definition) is 2. The van der Waals surface area contributed by atoms with Gasteiger partial charge in [-0.3, -0.25) is 4.79 Å². The van der Waals surface area contributed by atoms with E-state index in [1.807, 2.05) is 37.3 Å². The molecule has 5 nitrogen and oxygen atoms in total. The van der Waals surface area contributed by atoms with Crippen LogP contribution in [-0.4, -0.2) is 25.0 Å². The molecule has 2 N–H and O–H groups in total. The van der Waals surface area contributed by atoms with Gasteiger partial charge in [0.25, 0.3) is 5.91 Å². The molecule has 1 aliphatic heterocycles. The van der Waals surface area contributed by atoms with Crippen LogP contribution in [0.1, 0.15) is 33.7 Å². The number of benzene rings is 2. The molecule has 3 aromatic rings. The molecule has 4 rings (SSSR count). The molecule has 0 spiro atoms. The van der Waals surface area contributed by atoms with Gasteiger partial charge in [-0.25, -0.2) is 0 Å². The number of ether oxygens (including phenoxy) is 1. The van der Waals surface area contributed by atoms with Gasteiger partial charge in [0.15, 0.2) is 0 Å². The number of hydrogen-bond acceptors (Lipinski definition) is 4. The van der Waals surface area contributed by atoms with E-state index in [0.717, 1.165) is 36.2 Å². The van der Waals surface area contributed by atoms with E-state index in [1.54, 1.807) is 0 Å². The summed E-state index contributed by atoms with van der Waals surface area (Å²) in [5.41, 5.74) is 3.64. The molecule has 5 heteroatoms. The van der Waals surface area contributed by atoms with E-state index in [1.165, 1.54) is 5.56 Å². The third-order valence-corrected chi connectivity index (χ3v) is 5.11. The Morgan fingerprint density at radius 3 is 2.89 bits per heavy atom. The van der Waals surface area contributed by atoms with Crippen LogP contribution < -0.4 is 15.4 Å². The fraction of sp³-hybridized carbons (Fsp3) is 0.318. The maximum atomic E-state index is 12.8. The quantitative estimate of drug-likeness (QED) is 0.724. The van der Waals surface area contributed by atoms with Crippen LogP contribution >= 0.6 is 0 Å². The summed E-state index contributed by atoms with van der Waals surface area (Å²) in [6, 6.07) is 14.0. The number of carbonyl (C=O) groups excluding carboxylic acids is 1. The van der Waals surface area contributed by atoms with Crippen LogP contribution in [0.5, 0.6) is 5.75 Å². The standard InChI is InChI=1S/C22H24N2O3/c1-14-5-3-4-6-16(14)13-26-18-7-8-20-19(11-18)21(15(2)27-20)22(25)24-17-9-10-23-12-17/h3-8,11,17,23H,9-10,12-13H2,1-2H3,(H,24,25)/t17-/m0/s1. The van der Waals surface area contributed by atoms with Gasteiger partial charge >= 0.3 is 0 Å². The van der Waals surface area contributed by atoms with Crippen molar-refractivity contribution in [3.8, 4) is 5.75 Å². The van der Waals surface area contributed by atoms with E-state index in [-0.39, 0.29) is 11.9 Å². The second-order valence-corrected chi connectivity index (χ2v) is 7.07. The van der Waals surface area contributed by atoms with Crippen molar-refractivity contribution in [2.75, 3.05) is 13.1 Å². The highest BCUT2D eigenvalue weighted by atomic mass is 16.5. The number of amides is 1. The van der Waals surface area contributed by atoms with Crippen LogP contribution in [0.3, 0.4) is 0 Å². The molecule has 1 aromatic heterocycles. The first kappa shape index (κ1) is 17.6. The molecule has 0 radical (unpaired) electrons. The third kappa shape index (κ3) is 3.69. The molecule has 1 saturated heterocycles. The Labute approximate surface area is 158 Å². The molecule has 0 bridgehead atoms. The fourth-order valence-electron chi connectivity index (χ4n) is 3.54. The molecule has 1 aliphatic rings. The maximum absolute atomic E-state index is 12.8. The normalized spacial score (nSPS) is 16.6. The SMILES string of the molecule is Cc1ccccc1COc1ccc2oc(C)c(C(=O)N[C@H]3CCNC3)c2c1. The summed E-state index contributed by atoms with van der Waals surface area (Å²) in [6.45, 7) is 6.14. The molecule has 140 valence electrons. The Balaban J connectivity index is 1.57. The van der Waals surface area contributed by atoms with E-state index in [0.29, 0.717) is 23.5 Å². The van der Waals surface area contributed by atoms with Crippen molar-refractivity contribution in [1.82, 2.24) is 10.6 Å². The van der Waals surface area contributed by atoms with Gasteiger partial charge in [-0.1, -0.05) is 24.3 Å². The highest BCUT2D eigenvalue weighted by molar-refractivity contribution is 6.07. The predicted molar refractivity (Wildman–Crippen MR) is 105 cm³/mol. The summed E-state index contributed by atoms with van der Waals surface area (Å²) >= 11 is 0. The van der Waals surface area contributed by atoms with Crippen molar-refractivity contribution >= 4 is 16.9 Å². The lowest BCUT2D eigenvalue weighted by molar-refractivity contribution is 0.0940. The number of furan rings is 1. The maximum Gasteiger partial charge on any atom is 0.255 e. The van der Waals surface area contributed by atoms with Crippen LogP contribution in [0.4, 0.5) is 0 Å². The molecule has 2 heterocycles. The van der Waals surface area contributed by atoms with Crippen molar-refractivity contribution in [3.63, 3.8) is 0 Å². The van der Waals surface area contributed by atoms with Gasteiger partial charge in [0.1, 0.15) is 23.7 Å². The largest absolute Gasteiger partial charge is 0.489 e. The minimum absolute atomic E-state index is 0.0870. The van der Waals surface area contributed by atoms with Crippen LogP contribution in [-0.2, 0) is 6.61 Å². The van der Waals surface area contributed by atoms with Gasteiger partial charge in [-0.2, -0.15) is 0 Å². The van der Waals surface area contributed by atoms with Gasteiger partial charge < -0.3 is 19.8 Å². The summed E-state index contributed by atoms with van der Waals surface area (Å²) in [5, 5.41) is 7.15. The molecule has 0 aliphatic carbocycles. The lowest BCUT2D eigenvalue weighted by atomic mass is 10.1. The zero-order chi connectivity index (χ0) is 18.8. The zero-order valence-electron chi connectivity index (χ0n) is 15.7. The molecular formula is C22H24N2O3. The van der Waals surface area contributed by atoms with E-state index in [4.69, 9.17) is 9.15 Å². The van der Waals surface area contributed by atoms with E-state index < -0.39 is 0 Å². The number of nitrogens with one attached hydrogen (secondary N) is 2. The molecule has 1 atom stereocenters. The van der Waals surface area contributed by atoms with Crippen LogP contribution in [0.2, 0.25) is 0 Å². The van der Waals surface area contributed by atoms with Crippen molar-refractivity contribution in [3.05, 3.63) is 64.9 Å². The first-order valence-electron chi connectivity index (χ1n) is 9.34. The molecule has 1 fully saturated rings. The lowest BCUT2D eigenvalue weighted by Gasteiger charge is -2.11. The molecule has 0 unspecified atom stereocenters. The van der Waals surface area contributed by atoms with E-state index >= 15 is 0 Å². The minimum Gasteiger partial charge on any atom is -0.489 e. The minimum atomic E-state index is -0.0870. The molecule has 2 aromatic carbocycles. The molecular weight excluding hydrogens is 340 g/mol. The van der Waals surface area contributed by atoms with Crippen molar-refractivity contribution in [2.24, 2.45) is 0 Å². The van der Waals surface area contributed by atoms with Gasteiger partial charge in [-0.15, -0.1) is 0 Å². The summed E-state index contributed by atoms with van der Waals surface area (Å²) < 4.78 is 11.8. The Bertz CT molecular complexity index is 971. The summed E-state index contributed by atoms with van der Waals surface area (Å²) in [4.78, 5) is 12.8. The van der Waals surface area contributed by atoms with E-state index in [2.05, 4.69) is 29.7 Å². The Hall–Kier alpha value is -2.79. The highest BCUT2D eigenvalue weighted by Crippen LogP contribution is 2.29. The Morgan fingerprint density at radius 2 is 2.11 bits per heavy atom. The topological polar surface area (TPSA) is 63.5 Å². The van der Waals surface area contributed by atoms with Crippen LogP contribution in [0.15, 0.2) is 46.9 Å². The van der Waals surface area contributed by atoms with Gasteiger partial charge in [0.05, 0.1) is 5.56 Å².